The summed E-state index contributed by atoms with van der Waals surface area (Å²) in [6.45, 7) is 9.16. The van der Waals surface area contributed by atoms with Crippen molar-refractivity contribution in [3.8, 4) is 20.9 Å². The molecule has 0 saturated carbocycles. The molecule has 2 aliphatic rings. The molecule has 358 valence electrons. The van der Waals surface area contributed by atoms with Crippen LogP contribution in [0.15, 0.2) is 125 Å². The van der Waals surface area contributed by atoms with Gasteiger partial charge < -0.3 is 0 Å². The van der Waals surface area contributed by atoms with Crippen LogP contribution in [0.2, 0.25) is 0 Å². The second-order valence-corrected chi connectivity index (χ2v) is 23.8. The van der Waals surface area contributed by atoms with Crippen molar-refractivity contribution in [3.05, 3.63) is 197 Å². The summed E-state index contributed by atoms with van der Waals surface area (Å²) in [5.41, 5.74) is 17.5. The van der Waals surface area contributed by atoms with Crippen LogP contribution in [0.1, 0.15) is 207 Å². The molecule has 2 aliphatic carbocycles. The highest BCUT2D eigenvalue weighted by molar-refractivity contribution is 9.11. The van der Waals surface area contributed by atoms with Gasteiger partial charge in [0, 0.05) is 9.75 Å². The van der Waals surface area contributed by atoms with Gasteiger partial charge in [0.1, 0.15) is 0 Å². The van der Waals surface area contributed by atoms with E-state index in [1.807, 2.05) is 11.3 Å². The van der Waals surface area contributed by atoms with Gasteiger partial charge in [0.15, 0.2) is 6.29 Å². The lowest BCUT2D eigenvalue weighted by Gasteiger charge is -2.35. The van der Waals surface area contributed by atoms with E-state index in [4.69, 9.17) is 0 Å². The second-order valence-electron chi connectivity index (χ2n) is 20.3. The standard InChI is InChI=1S/C65H73BrOS2/c1-5-9-13-17-21-46-25-33-50(34-26-46)64(51-35-27-47(28-36-51)22-18-14-10-6-2)57-43-56-58(42-55(57)62-59(64)41-54(45-67)68-62)65(60-44-61(66)69-63(56)60,52-37-29-48(30-38-52)23-19-15-11-7-3)53-39-31-49(32-40-53)24-20-16-12-8-4/h25-45H,5-24H2,1-4H3. The van der Waals surface area contributed by atoms with Gasteiger partial charge in [-0.2, -0.15) is 0 Å². The number of carbonyl (C=O) groups excluding carboxylic acids is 1. The minimum Gasteiger partial charge on any atom is -0.297 e. The van der Waals surface area contributed by atoms with E-state index in [0.717, 1.165) is 40.6 Å². The zero-order valence-electron chi connectivity index (χ0n) is 41.9. The van der Waals surface area contributed by atoms with Crippen LogP contribution in [0, 0.1) is 0 Å². The molecule has 0 unspecified atom stereocenters. The van der Waals surface area contributed by atoms with Crippen molar-refractivity contribution in [2.75, 3.05) is 0 Å². The number of aryl methyl sites for hydroxylation is 4. The number of rotatable bonds is 25. The summed E-state index contributed by atoms with van der Waals surface area (Å²) in [6.07, 6.45) is 25.6. The van der Waals surface area contributed by atoms with Crippen LogP contribution in [-0.2, 0) is 36.5 Å². The third-order valence-electron chi connectivity index (χ3n) is 15.7. The zero-order valence-corrected chi connectivity index (χ0v) is 45.1. The van der Waals surface area contributed by atoms with Gasteiger partial charge in [-0.1, -0.05) is 202 Å². The van der Waals surface area contributed by atoms with Gasteiger partial charge >= 0.3 is 0 Å². The fraction of sp³-hybridized carbons (Fsp3) is 0.400. The van der Waals surface area contributed by atoms with E-state index in [-0.39, 0.29) is 0 Å². The maximum absolute atomic E-state index is 13.0. The van der Waals surface area contributed by atoms with Crippen LogP contribution in [0.5, 0.6) is 0 Å². The Hall–Kier alpha value is -4.35. The van der Waals surface area contributed by atoms with Gasteiger partial charge in [-0.25, -0.2) is 0 Å². The molecule has 1 nitrogen and oxygen atoms in total. The molecule has 0 spiro atoms. The monoisotopic (exact) mass is 1010 g/mol. The summed E-state index contributed by atoms with van der Waals surface area (Å²) in [5.74, 6) is 0. The molecule has 0 N–H and O–H groups in total. The Morgan fingerprint density at radius 1 is 0.391 bits per heavy atom. The van der Waals surface area contributed by atoms with Crippen LogP contribution in [0.25, 0.3) is 20.9 Å². The molecule has 0 saturated heterocycles. The summed E-state index contributed by atoms with van der Waals surface area (Å²) in [6, 6.07) is 48.5. The average Bonchev–Trinajstić information content (AvgIpc) is 4.12. The Labute approximate surface area is 431 Å². The van der Waals surface area contributed by atoms with Crippen LogP contribution < -0.4 is 0 Å². The summed E-state index contributed by atoms with van der Waals surface area (Å²) in [7, 11) is 0. The molecular formula is C65H73BrOS2. The van der Waals surface area contributed by atoms with Gasteiger partial charge in [0.25, 0.3) is 0 Å². The topological polar surface area (TPSA) is 17.1 Å². The van der Waals surface area contributed by atoms with Crippen molar-refractivity contribution in [1.82, 2.24) is 0 Å². The summed E-state index contributed by atoms with van der Waals surface area (Å²) in [4.78, 5) is 16.3. The average molecular weight is 1010 g/mol. The fourth-order valence-electron chi connectivity index (χ4n) is 12.0. The highest BCUT2D eigenvalue weighted by Gasteiger charge is 2.53. The number of hydrogen-bond acceptors (Lipinski definition) is 3. The molecule has 0 fully saturated rings. The first-order valence-electron chi connectivity index (χ1n) is 26.9. The SMILES string of the molecule is CCCCCCc1ccc(C2(c3ccc(CCCCCC)cc3)c3cc4c(cc3-c3sc(Br)cc32)C(c2ccc(CCCCCC)cc2)(c2ccc(CCCCCC)cc2)c2cc(C=O)sc2-4)cc1. The van der Waals surface area contributed by atoms with Crippen LogP contribution >= 0.6 is 38.6 Å². The summed E-state index contributed by atoms with van der Waals surface area (Å²) < 4.78 is 1.16. The highest BCUT2D eigenvalue weighted by Crippen LogP contribution is 2.65. The number of carbonyl (C=O) groups is 1. The van der Waals surface area contributed by atoms with Gasteiger partial charge in [0.2, 0.25) is 0 Å². The van der Waals surface area contributed by atoms with E-state index in [1.165, 1.54) is 190 Å². The van der Waals surface area contributed by atoms with E-state index in [9.17, 15) is 4.79 Å². The fourth-order valence-corrected chi connectivity index (χ4v) is 14.7. The molecule has 2 heterocycles. The maximum atomic E-state index is 13.0. The normalized spacial score (nSPS) is 13.9. The number of thiophene rings is 2. The maximum Gasteiger partial charge on any atom is 0.160 e. The first-order chi connectivity index (χ1) is 33.9. The Morgan fingerprint density at radius 2 is 0.710 bits per heavy atom. The number of halogens is 1. The van der Waals surface area contributed by atoms with Crippen molar-refractivity contribution < 1.29 is 4.79 Å². The molecule has 0 amide bonds. The number of hydrogen-bond donors (Lipinski definition) is 0. The molecule has 0 radical (unpaired) electrons. The Morgan fingerprint density at radius 3 is 1.03 bits per heavy atom. The predicted molar refractivity (Wildman–Crippen MR) is 301 cm³/mol. The second kappa shape index (κ2) is 22.8. The van der Waals surface area contributed by atoms with E-state index < -0.39 is 10.8 Å². The van der Waals surface area contributed by atoms with E-state index in [0.29, 0.717) is 0 Å². The van der Waals surface area contributed by atoms with Crippen molar-refractivity contribution in [1.29, 1.82) is 0 Å². The number of fused-ring (bicyclic) bond motifs is 6. The molecule has 2 aromatic heterocycles. The summed E-state index contributed by atoms with van der Waals surface area (Å²) >= 11 is 7.61. The third kappa shape index (κ3) is 9.73. The largest absolute Gasteiger partial charge is 0.297 e. The molecule has 4 heteroatoms. The van der Waals surface area contributed by atoms with Gasteiger partial charge in [-0.05, 0) is 169 Å². The molecule has 9 rings (SSSR count). The lowest BCUT2D eigenvalue weighted by molar-refractivity contribution is 0.112. The Kier molecular flexibility index (Phi) is 16.4. The molecule has 5 aromatic carbocycles. The van der Waals surface area contributed by atoms with Crippen LogP contribution in [0.4, 0.5) is 0 Å². The lowest BCUT2D eigenvalue weighted by Crippen LogP contribution is -2.30. The molecule has 0 bridgehead atoms. The first kappa shape index (κ1) is 49.6. The van der Waals surface area contributed by atoms with Gasteiger partial charge in [0.05, 0.1) is 19.5 Å². The number of unbranched alkanes of at least 4 members (excludes halogenated alkanes) is 12. The summed E-state index contributed by atoms with van der Waals surface area (Å²) in [5, 5.41) is 0. The van der Waals surface area contributed by atoms with E-state index >= 15 is 0 Å². The van der Waals surface area contributed by atoms with E-state index in [2.05, 4.69) is 165 Å². The third-order valence-corrected chi connectivity index (χ3v) is 18.4. The van der Waals surface area contributed by atoms with Crippen molar-refractivity contribution in [2.45, 2.75) is 167 Å². The van der Waals surface area contributed by atoms with Crippen molar-refractivity contribution in [2.24, 2.45) is 0 Å². The molecule has 0 atom stereocenters. The molecular weight excluding hydrogens is 941 g/mol. The van der Waals surface area contributed by atoms with Gasteiger partial charge in [-0.15, -0.1) is 22.7 Å². The zero-order chi connectivity index (χ0) is 47.8. The predicted octanol–water partition coefficient (Wildman–Crippen LogP) is 19.6. The first-order valence-corrected chi connectivity index (χ1v) is 29.3. The lowest BCUT2D eigenvalue weighted by atomic mass is 9.65. The quantitative estimate of drug-likeness (QED) is 0.0412. The van der Waals surface area contributed by atoms with Gasteiger partial charge in [-0.3, -0.25) is 4.79 Å². The smallest absolute Gasteiger partial charge is 0.160 e. The van der Waals surface area contributed by atoms with Crippen LogP contribution in [0.3, 0.4) is 0 Å². The molecule has 69 heavy (non-hydrogen) atoms. The number of aldehydes is 1. The minimum atomic E-state index is -0.600. The van der Waals surface area contributed by atoms with Crippen molar-refractivity contribution in [3.63, 3.8) is 0 Å². The Balaban J connectivity index is 1.26. The molecule has 7 aromatic rings. The van der Waals surface area contributed by atoms with Crippen LogP contribution in [-0.4, -0.2) is 6.29 Å². The minimum absolute atomic E-state index is 0.529. The highest BCUT2D eigenvalue weighted by atomic mass is 79.9. The number of benzene rings is 5. The van der Waals surface area contributed by atoms with Crippen molar-refractivity contribution >= 4 is 44.9 Å². The Bertz CT molecular complexity index is 2680. The molecule has 0 aliphatic heterocycles. The van der Waals surface area contributed by atoms with E-state index in [1.54, 1.807) is 11.3 Å².